The summed E-state index contributed by atoms with van der Waals surface area (Å²) in [4.78, 5) is 12.2. The van der Waals surface area contributed by atoms with E-state index in [2.05, 4.69) is 26.1 Å². The van der Waals surface area contributed by atoms with Crippen LogP contribution in [-0.2, 0) is 9.53 Å². The molecule has 0 heterocycles. The van der Waals surface area contributed by atoms with Gasteiger partial charge in [-0.15, -0.1) is 0 Å². The summed E-state index contributed by atoms with van der Waals surface area (Å²) in [6, 6.07) is 0. The highest BCUT2D eigenvalue weighted by molar-refractivity contribution is 5.69. The van der Waals surface area contributed by atoms with Gasteiger partial charge in [-0.1, -0.05) is 124 Å². The van der Waals surface area contributed by atoms with E-state index in [4.69, 9.17) is 4.74 Å². The van der Waals surface area contributed by atoms with Crippen molar-refractivity contribution < 1.29 is 9.53 Å². The average molecular weight is 468 g/mol. The van der Waals surface area contributed by atoms with Crippen molar-refractivity contribution in [2.45, 2.75) is 162 Å². The monoisotopic (exact) mass is 467 g/mol. The van der Waals surface area contributed by atoms with Crippen molar-refractivity contribution in [3.05, 3.63) is 0 Å². The molecule has 0 aromatic rings. The van der Waals surface area contributed by atoms with Gasteiger partial charge in [-0.05, 0) is 51.1 Å². The van der Waals surface area contributed by atoms with E-state index >= 15 is 0 Å². The van der Waals surface area contributed by atoms with Crippen molar-refractivity contribution in [2.75, 3.05) is 19.7 Å². The van der Waals surface area contributed by atoms with Gasteiger partial charge in [-0.3, -0.25) is 4.79 Å². The smallest absolute Gasteiger partial charge is 0.305 e. The summed E-state index contributed by atoms with van der Waals surface area (Å²) in [6.07, 6.45) is 27.7. The lowest BCUT2D eigenvalue weighted by atomic mass is 9.95. The van der Waals surface area contributed by atoms with Crippen LogP contribution in [0.15, 0.2) is 0 Å². The molecule has 0 radical (unpaired) electrons. The van der Waals surface area contributed by atoms with Gasteiger partial charge < -0.3 is 10.1 Å². The van der Waals surface area contributed by atoms with Crippen molar-refractivity contribution in [3.63, 3.8) is 0 Å². The molecule has 0 aliphatic heterocycles. The zero-order valence-electron chi connectivity index (χ0n) is 23.1. The topological polar surface area (TPSA) is 38.3 Å². The van der Waals surface area contributed by atoms with Gasteiger partial charge in [-0.2, -0.15) is 0 Å². The molecule has 3 nitrogen and oxygen atoms in total. The number of carbonyl (C=O) groups excluding carboxylic acids is 1. The van der Waals surface area contributed by atoms with Crippen molar-refractivity contribution >= 4 is 5.97 Å². The van der Waals surface area contributed by atoms with Gasteiger partial charge in [0.2, 0.25) is 0 Å². The maximum Gasteiger partial charge on any atom is 0.305 e. The van der Waals surface area contributed by atoms with Crippen LogP contribution in [0, 0.1) is 5.92 Å². The minimum atomic E-state index is 0.0246. The number of esters is 1. The van der Waals surface area contributed by atoms with Gasteiger partial charge in [0.1, 0.15) is 0 Å². The zero-order chi connectivity index (χ0) is 24.2. The van der Waals surface area contributed by atoms with Crippen molar-refractivity contribution in [1.29, 1.82) is 0 Å². The molecule has 3 heteroatoms. The Morgan fingerprint density at radius 2 is 1.00 bits per heavy atom. The molecule has 33 heavy (non-hydrogen) atoms. The summed E-state index contributed by atoms with van der Waals surface area (Å²) >= 11 is 0. The van der Waals surface area contributed by atoms with E-state index in [-0.39, 0.29) is 5.97 Å². The second-order valence-electron chi connectivity index (χ2n) is 10.3. The quantitative estimate of drug-likeness (QED) is 0.0965. The Balaban J connectivity index is 3.74. The van der Waals surface area contributed by atoms with Crippen molar-refractivity contribution in [1.82, 2.24) is 5.32 Å². The molecular formula is C30H61NO2. The minimum absolute atomic E-state index is 0.0246. The van der Waals surface area contributed by atoms with Gasteiger partial charge >= 0.3 is 5.97 Å². The molecule has 0 aromatic carbocycles. The van der Waals surface area contributed by atoms with Gasteiger partial charge in [0.15, 0.2) is 0 Å². The second kappa shape index (κ2) is 27.7. The van der Waals surface area contributed by atoms with Crippen LogP contribution in [-0.4, -0.2) is 25.7 Å². The summed E-state index contributed by atoms with van der Waals surface area (Å²) in [6.45, 7) is 9.69. The van der Waals surface area contributed by atoms with Crippen LogP contribution in [0.2, 0.25) is 0 Å². The highest BCUT2D eigenvalue weighted by Crippen LogP contribution is 2.20. The van der Waals surface area contributed by atoms with Crippen LogP contribution in [0.4, 0.5) is 0 Å². The molecular weight excluding hydrogens is 406 g/mol. The highest BCUT2D eigenvalue weighted by atomic mass is 16.5. The number of hydrogen-bond acceptors (Lipinski definition) is 3. The van der Waals surface area contributed by atoms with E-state index in [1.807, 2.05) is 0 Å². The van der Waals surface area contributed by atoms with Crippen LogP contribution < -0.4 is 5.32 Å². The maximum absolute atomic E-state index is 12.2. The summed E-state index contributed by atoms with van der Waals surface area (Å²) in [5.74, 6) is 0.597. The average Bonchev–Trinajstić information content (AvgIpc) is 2.82. The molecule has 0 aliphatic rings. The van der Waals surface area contributed by atoms with E-state index in [9.17, 15) is 4.79 Å². The number of ether oxygens (including phenoxy) is 1. The van der Waals surface area contributed by atoms with Crippen molar-refractivity contribution in [2.24, 2.45) is 5.92 Å². The third-order valence-corrected chi connectivity index (χ3v) is 6.85. The number of carbonyl (C=O) groups is 1. The van der Waals surface area contributed by atoms with E-state index in [0.717, 1.165) is 25.9 Å². The van der Waals surface area contributed by atoms with E-state index < -0.39 is 0 Å². The molecule has 0 saturated heterocycles. The molecule has 0 bridgehead atoms. The van der Waals surface area contributed by atoms with Crippen LogP contribution in [0.25, 0.3) is 0 Å². The molecule has 0 fully saturated rings. The lowest BCUT2D eigenvalue weighted by molar-refractivity contribution is -0.145. The molecule has 198 valence electrons. The largest absolute Gasteiger partial charge is 0.465 e. The SMILES string of the molecule is CCCCCCCCNCCCCCC(=O)OCC(CCCCCC)CCCCCCCC. The van der Waals surface area contributed by atoms with Crippen molar-refractivity contribution in [3.8, 4) is 0 Å². The Kier molecular flexibility index (Phi) is 27.2. The van der Waals surface area contributed by atoms with Crippen LogP contribution in [0.5, 0.6) is 0 Å². The lowest BCUT2D eigenvalue weighted by Crippen LogP contribution is -2.17. The lowest BCUT2D eigenvalue weighted by Gasteiger charge is -2.17. The Morgan fingerprint density at radius 1 is 0.576 bits per heavy atom. The first-order valence-electron chi connectivity index (χ1n) is 15.1. The minimum Gasteiger partial charge on any atom is -0.465 e. The normalized spacial score (nSPS) is 12.2. The predicted molar refractivity (Wildman–Crippen MR) is 146 cm³/mol. The Labute approximate surface area is 208 Å². The van der Waals surface area contributed by atoms with E-state index in [1.165, 1.54) is 122 Å². The predicted octanol–water partition coefficient (Wildman–Crippen LogP) is 9.38. The van der Waals surface area contributed by atoms with Crippen LogP contribution in [0.1, 0.15) is 162 Å². The Morgan fingerprint density at radius 3 is 1.55 bits per heavy atom. The van der Waals surface area contributed by atoms with Gasteiger partial charge in [-0.25, -0.2) is 0 Å². The summed E-state index contributed by atoms with van der Waals surface area (Å²) in [5, 5.41) is 3.55. The number of unbranched alkanes of at least 4 members (excludes halogenated alkanes) is 15. The molecule has 0 spiro atoms. The fourth-order valence-corrected chi connectivity index (χ4v) is 4.52. The highest BCUT2D eigenvalue weighted by Gasteiger charge is 2.12. The Bertz CT molecular complexity index is 385. The zero-order valence-corrected chi connectivity index (χ0v) is 23.1. The molecule has 0 aromatic heterocycles. The fourth-order valence-electron chi connectivity index (χ4n) is 4.52. The maximum atomic E-state index is 12.2. The molecule has 0 saturated carbocycles. The Hall–Kier alpha value is -0.570. The third-order valence-electron chi connectivity index (χ3n) is 6.85. The van der Waals surface area contributed by atoms with Gasteiger partial charge in [0, 0.05) is 6.42 Å². The van der Waals surface area contributed by atoms with Gasteiger partial charge in [0.25, 0.3) is 0 Å². The molecule has 0 aliphatic carbocycles. The standard InChI is InChI=1S/C30H61NO2/c1-4-7-10-13-15-19-24-29(23-18-12-9-6-3)28-33-30(32)25-20-17-22-27-31-26-21-16-14-11-8-5-2/h29,31H,4-28H2,1-3H3. The van der Waals surface area contributed by atoms with Crippen LogP contribution >= 0.6 is 0 Å². The van der Waals surface area contributed by atoms with Gasteiger partial charge in [0.05, 0.1) is 6.61 Å². The molecule has 1 N–H and O–H groups in total. The number of hydrogen-bond donors (Lipinski definition) is 1. The van der Waals surface area contributed by atoms with Crippen LogP contribution in [0.3, 0.4) is 0 Å². The third kappa shape index (κ3) is 25.9. The van der Waals surface area contributed by atoms with E-state index in [1.54, 1.807) is 0 Å². The fraction of sp³-hybridized carbons (Fsp3) is 0.967. The first-order chi connectivity index (χ1) is 16.2. The molecule has 0 amide bonds. The number of nitrogens with one attached hydrogen (secondary N) is 1. The summed E-state index contributed by atoms with van der Waals surface area (Å²) < 4.78 is 5.70. The summed E-state index contributed by atoms with van der Waals surface area (Å²) in [7, 11) is 0. The first-order valence-corrected chi connectivity index (χ1v) is 15.1. The molecule has 0 rings (SSSR count). The summed E-state index contributed by atoms with van der Waals surface area (Å²) in [5.41, 5.74) is 0. The second-order valence-corrected chi connectivity index (χ2v) is 10.3. The number of rotatable bonds is 27. The van der Waals surface area contributed by atoms with E-state index in [0.29, 0.717) is 18.9 Å². The molecule has 1 atom stereocenters. The first kappa shape index (κ1) is 32.4. The molecule has 1 unspecified atom stereocenters.